The first-order chi connectivity index (χ1) is 13.2. The molecule has 0 heterocycles. The van der Waals surface area contributed by atoms with Gasteiger partial charge in [-0.05, 0) is 33.1 Å². The van der Waals surface area contributed by atoms with Crippen LogP contribution in [-0.2, 0) is 19.1 Å². The van der Waals surface area contributed by atoms with Gasteiger partial charge in [0.25, 0.3) is 5.91 Å². The van der Waals surface area contributed by atoms with Crippen LogP contribution in [0.25, 0.3) is 0 Å². The summed E-state index contributed by atoms with van der Waals surface area (Å²) in [6, 6.07) is 0. The number of primary amides is 1. The van der Waals surface area contributed by atoms with Crippen LogP contribution < -0.4 is 5.73 Å². The van der Waals surface area contributed by atoms with Crippen molar-refractivity contribution in [1.82, 2.24) is 0 Å². The van der Waals surface area contributed by atoms with Gasteiger partial charge in [0.1, 0.15) is 6.10 Å². The Kier molecular flexibility index (Phi) is 13.8. The first kappa shape index (κ1) is 26.6. The van der Waals surface area contributed by atoms with Gasteiger partial charge in [0, 0.05) is 5.57 Å². The molecule has 0 aliphatic carbocycles. The lowest BCUT2D eigenvalue weighted by atomic mass is 9.86. The van der Waals surface area contributed by atoms with Gasteiger partial charge in [0.05, 0.1) is 12.7 Å². The number of carbonyl (C=O) groups is 2. The SMILES string of the molecule is C=C(C)C(=O)OC(CCCCCCCCC)C(CCC)(OCC(C)O)C(N)=O. The second-order valence-electron chi connectivity index (χ2n) is 7.75. The third-order valence-corrected chi connectivity index (χ3v) is 4.81. The fraction of sp³-hybridized carbons (Fsp3) is 0.818. The molecule has 0 rings (SSSR count). The van der Waals surface area contributed by atoms with E-state index in [9.17, 15) is 14.7 Å². The molecule has 0 aliphatic rings. The van der Waals surface area contributed by atoms with Crippen molar-refractivity contribution in [1.29, 1.82) is 0 Å². The van der Waals surface area contributed by atoms with Crippen molar-refractivity contribution in [2.75, 3.05) is 6.61 Å². The molecular formula is C22H41NO5. The molecule has 6 nitrogen and oxygen atoms in total. The standard InChI is InChI=1S/C22H41NO5/c1-6-8-9-10-11-12-13-14-19(28-20(25)17(3)4)22(15-7-2,21(23)26)27-16-18(5)24/h18-19,24H,3,6-16H2,1-2,4-5H3,(H2,23,26). The Bertz CT molecular complexity index is 478. The fourth-order valence-electron chi connectivity index (χ4n) is 3.22. The molecule has 28 heavy (non-hydrogen) atoms. The molecule has 0 aromatic carbocycles. The van der Waals surface area contributed by atoms with E-state index in [2.05, 4.69) is 13.5 Å². The summed E-state index contributed by atoms with van der Waals surface area (Å²) in [6.07, 6.45) is 7.62. The van der Waals surface area contributed by atoms with Crippen LogP contribution in [0.3, 0.4) is 0 Å². The Morgan fingerprint density at radius 2 is 1.64 bits per heavy atom. The number of hydrogen-bond donors (Lipinski definition) is 2. The first-order valence-electron chi connectivity index (χ1n) is 10.7. The van der Waals surface area contributed by atoms with Gasteiger partial charge >= 0.3 is 5.97 Å². The Labute approximate surface area is 170 Å². The lowest BCUT2D eigenvalue weighted by molar-refractivity contribution is -0.185. The molecule has 3 atom stereocenters. The van der Waals surface area contributed by atoms with Gasteiger partial charge in [-0.15, -0.1) is 0 Å². The topological polar surface area (TPSA) is 98.8 Å². The summed E-state index contributed by atoms with van der Waals surface area (Å²) in [5.41, 5.74) is 4.54. The highest BCUT2D eigenvalue weighted by Crippen LogP contribution is 2.30. The highest BCUT2D eigenvalue weighted by atomic mass is 16.6. The molecule has 1 amide bonds. The number of aliphatic hydroxyl groups excluding tert-OH is 1. The second-order valence-corrected chi connectivity index (χ2v) is 7.75. The molecule has 0 radical (unpaired) electrons. The molecule has 0 fully saturated rings. The Hall–Kier alpha value is -1.40. The van der Waals surface area contributed by atoms with Gasteiger partial charge in [-0.1, -0.05) is 65.4 Å². The molecule has 0 aromatic heterocycles. The molecule has 0 aromatic rings. The van der Waals surface area contributed by atoms with Crippen LogP contribution in [-0.4, -0.2) is 41.4 Å². The number of hydrogen-bond acceptors (Lipinski definition) is 5. The molecule has 0 saturated carbocycles. The zero-order chi connectivity index (χ0) is 21.6. The van der Waals surface area contributed by atoms with Crippen LogP contribution in [0.15, 0.2) is 12.2 Å². The zero-order valence-electron chi connectivity index (χ0n) is 18.3. The van der Waals surface area contributed by atoms with E-state index >= 15 is 0 Å². The third kappa shape index (κ3) is 9.69. The summed E-state index contributed by atoms with van der Waals surface area (Å²) < 4.78 is 11.4. The molecule has 3 N–H and O–H groups in total. The third-order valence-electron chi connectivity index (χ3n) is 4.81. The van der Waals surface area contributed by atoms with E-state index in [1.165, 1.54) is 25.7 Å². The number of aliphatic hydroxyl groups is 1. The summed E-state index contributed by atoms with van der Waals surface area (Å²) in [4.78, 5) is 24.6. The summed E-state index contributed by atoms with van der Waals surface area (Å²) in [6.45, 7) is 10.8. The van der Waals surface area contributed by atoms with Crippen LogP contribution in [0.1, 0.15) is 91.9 Å². The summed E-state index contributed by atoms with van der Waals surface area (Å²) in [7, 11) is 0. The van der Waals surface area contributed by atoms with Crippen molar-refractivity contribution in [3.63, 3.8) is 0 Å². The van der Waals surface area contributed by atoms with Crippen molar-refractivity contribution in [2.24, 2.45) is 5.73 Å². The molecule has 3 unspecified atom stereocenters. The smallest absolute Gasteiger partial charge is 0.333 e. The normalized spacial score (nSPS) is 15.5. The van der Waals surface area contributed by atoms with E-state index in [1.807, 2.05) is 6.92 Å². The first-order valence-corrected chi connectivity index (χ1v) is 10.7. The molecule has 0 saturated heterocycles. The maximum absolute atomic E-state index is 12.4. The molecular weight excluding hydrogens is 358 g/mol. The summed E-state index contributed by atoms with van der Waals surface area (Å²) in [5.74, 6) is -1.23. The lowest BCUT2D eigenvalue weighted by Crippen LogP contribution is -2.57. The van der Waals surface area contributed by atoms with Crippen molar-refractivity contribution in [3.05, 3.63) is 12.2 Å². The minimum absolute atomic E-state index is 0.0545. The van der Waals surface area contributed by atoms with Crippen molar-refractivity contribution in [3.8, 4) is 0 Å². The highest BCUT2D eigenvalue weighted by molar-refractivity contribution is 5.89. The predicted molar refractivity (Wildman–Crippen MR) is 112 cm³/mol. The zero-order valence-corrected chi connectivity index (χ0v) is 18.3. The lowest BCUT2D eigenvalue weighted by Gasteiger charge is -2.38. The minimum atomic E-state index is -1.45. The number of rotatable bonds is 17. The van der Waals surface area contributed by atoms with Gasteiger partial charge in [-0.3, -0.25) is 4.79 Å². The number of nitrogens with two attached hydrogens (primary N) is 1. The van der Waals surface area contributed by atoms with Gasteiger partial charge in [0.15, 0.2) is 5.60 Å². The monoisotopic (exact) mass is 399 g/mol. The predicted octanol–water partition coefficient (Wildman–Crippen LogP) is 4.04. The average Bonchev–Trinajstić information content (AvgIpc) is 2.62. The molecule has 0 bridgehead atoms. The molecule has 0 aliphatic heterocycles. The Balaban J connectivity index is 5.27. The maximum atomic E-state index is 12.4. The number of unbranched alkanes of at least 4 members (excludes halogenated alkanes) is 6. The van der Waals surface area contributed by atoms with E-state index < -0.39 is 29.7 Å². The van der Waals surface area contributed by atoms with E-state index in [-0.39, 0.29) is 12.2 Å². The Morgan fingerprint density at radius 1 is 1.07 bits per heavy atom. The van der Waals surface area contributed by atoms with E-state index in [0.717, 1.165) is 19.3 Å². The Morgan fingerprint density at radius 3 is 2.11 bits per heavy atom. The highest BCUT2D eigenvalue weighted by Gasteiger charge is 2.47. The van der Waals surface area contributed by atoms with Crippen LogP contribution >= 0.6 is 0 Å². The molecule has 0 spiro atoms. The van der Waals surface area contributed by atoms with Gasteiger partial charge in [-0.2, -0.15) is 0 Å². The molecule has 6 heteroatoms. The fourth-order valence-corrected chi connectivity index (χ4v) is 3.22. The summed E-state index contributed by atoms with van der Waals surface area (Å²) >= 11 is 0. The largest absolute Gasteiger partial charge is 0.455 e. The van der Waals surface area contributed by atoms with Gasteiger partial charge < -0.3 is 20.3 Å². The van der Waals surface area contributed by atoms with Crippen molar-refractivity contribution in [2.45, 2.75) is 110 Å². The minimum Gasteiger partial charge on any atom is -0.455 e. The van der Waals surface area contributed by atoms with E-state index in [4.69, 9.17) is 15.2 Å². The average molecular weight is 400 g/mol. The number of carbonyl (C=O) groups excluding carboxylic acids is 2. The quantitative estimate of drug-likeness (QED) is 0.218. The van der Waals surface area contributed by atoms with Crippen LogP contribution in [0.2, 0.25) is 0 Å². The maximum Gasteiger partial charge on any atom is 0.333 e. The van der Waals surface area contributed by atoms with Crippen LogP contribution in [0, 0.1) is 0 Å². The van der Waals surface area contributed by atoms with Crippen molar-refractivity contribution < 1.29 is 24.2 Å². The van der Waals surface area contributed by atoms with Gasteiger partial charge in [0.2, 0.25) is 0 Å². The van der Waals surface area contributed by atoms with Crippen LogP contribution in [0.4, 0.5) is 0 Å². The van der Waals surface area contributed by atoms with E-state index in [1.54, 1.807) is 13.8 Å². The summed E-state index contributed by atoms with van der Waals surface area (Å²) in [5, 5.41) is 9.64. The molecule has 164 valence electrons. The number of ether oxygens (including phenoxy) is 2. The van der Waals surface area contributed by atoms with E-state index in [0.29, 0.717) is 19.3 Å². The van der Waals surface area contributed by atoms with Crippen LogP contribution in [0.5, 0.6) is 0 Å². The number of amides is 1. The van der Waals surface area contributed by atoms with Crippen molar-refractivity contribution >= 4 is 11.9 Å². The van der Waals surface area contributed by atoms with Gasteiger partial charge in [-0.25, -0.2) is 4.79 Å². The number of esters is 1. The second kappa shape index (κ2) is 14.6.